The van der Waals surface area contributed by atoms with Gasteiger partial charge in [-0.15, -0.1) is 11.3 Å². The van der Waals surface area contributed by atoms with Gasteiger partial charge in [-0.2, -0.15) is 0 Å². The van der Waals surface area contributed by atoms with Crippen LogP contribution in [0.25, 0.3) is 0 Å². The van der Waals surface area contributed by atoms with E-state index in [1.807, 2.05) is 38.1 Å². The molecule has 27 heavy (non-hydrogen) atoms. The van der Waals surface area contributed by atoms with Crippen LogP contribution in [0.1, 0.15) is 53.9 Å². The molecule has 1 fully saturated rings. The summed E-state index contributed by atoms with van der Waals surface area (Å²) in [6, 6.07) is 12.3. The highest BCUT2D eigenvalue weighted by Crippen LogP contribution is 2.18. The fourth-order valence-corrected chi connectivity index (χ4v) is 4.15. The lowest BCUT2D eigenvalue weighted by Gasteiger charge is -2.32. The first-order valence-electron chi connectivity index (χ1n) is 9.76. The predicted octanol–water partition coefficient (Wildman–Crippen LogP) is 3.85. The Morgan fingerprint density at radius 1 is 1.22 bits per heavy atom. The summed E-state index contributed by atoms with van der Waals surface area (Å²) < 4.78 is 0. The maximum atomic E-state index is 12.5. The molecule has 0 radical (unpaired) electrons. The summed E-state index contributed by atoms with van der Waals surface area (Å²) in [6.07, 6.45) is 3.53. The molecule has 1 aliphatic heterocycles. The van der Waals surface area contributed by atoms with Crippen LogP contribution in [0.5, 0.6) is 0 Å². The SMILES string of the molecule is CC(C)(O)CCc1ccc(C(=O)NC2CCN(Cc3cccs3)CC2)cc1. The van der Waals surface area contributed by atoms with Crippen LogP contribution in [0.15, 0.2) is 41.8 Å². The number of carbonyl (C=O) groups excluding carboxylic acids is 1. The molecule has 0 bridgehead atoms. The molecule has 2 N–H and O–H groups in total. The standard InChI is InChI=1S/C22H30N2O2S/c1-22(2,26)12-9-17-5-7-18(8-6-17)21(25)23-19-10-13-24(14-11-19)16-20-4-3-15-27-20/h3-8,15,19,26H,9-14,16H2,1-2H3,(H,23,25). The Morgan fingerprint density at radius 3 is 2.52 bits per heavy atom. The molecule has 4 nitrogen and oxygen atoms in total. The van der Waals surface area contributed by atoms with Crippen LogP contribution >= 0.6 is 11.3 Å². The topological polar surface area (TPSA) is 52.6 Å². The summed E-state index contributed by atoms with van der Waals surface area (Å²) in [6.45, 7) is 6.71. The number of carbonyl (C=O) groups is 1. The fraction of sp³-hybridized carbons (Fsp3) is 0.500. The molecular weight excluding hydrogens is 356 g/mol. The van der Waals surface area contributed by atoms with Gasteiger partial charge in [0.15, 0.2) is 0 Å². The van der Waals surface area contributed by atoms with Gasteiger partial charge in [-0.1, -0.05) is 18.2 Å². The van der Waals surface area contributed by atoms with Crippen LogP contribution in [-0.2, 0) is 13.0 Å². The van der Waals surface area contributed by atoms with E-state index in [9.17, 15) is 9.90 Å². The largest absolute Gasteiger partial charge is 0.390 e. The van der Waals surface area contributed by atoms with E-state index >= 15 is 0 Å². The van der Waals surface area contributed by atoms with Gasteiger partial charge in [-0.3, -0.25) is 9.69 Å². The second-order valence-electron chi connectivity index (χ2n) is 8.11. The van der Waals surface area contributed by atoms with E-state index in [0.717, 1.165) is 44.5 Å². The van der Waals surface area contributed by atoms with Crippen LogP contribution in [-0.4, -0.2) is 40.6 Å². The van der Waals surface area contributed by atoms with Gasteiger partial charge in [-0.05, 0) is 68.7 Å². The van der Waals surface area contributed by atoms with Gasteiger partial charge >= 0.3 is 0 Å². The van der Waals surface area contributed by atoms with E-state index in [4.69, 9.17) is 0 Å². The molecule has 0 atom stereocenters. The highest BCUT2D eigenvalue weighted by molar-refractivity contribution is 7.09. The highest BCUT2D eigenvalue weighted by Gasteiger charge is 2.21. The van der Waals surface area contributed by atoms with Crippen LogP contribution in [0.4, 0.5) is 0 Å². The van der Waals surface area contributed by atoms with Crippen LogP contribution in [0.2, 0.25) is 0 Å². The minimum atomic E-state index is -0.658. The average molecular weight is 387 g/mol. The Kier molecular flexibility index (Phi) is 6.68. The third-order valence-corrected chi connectivity index (χ3v) is 5.99. The third-order valence-electron chi connectivity index (χ3n) is 5.12. The number of nitrogens with zero attached hydrogens (tertiary/aromatic N) is 1. The normalized spacial score (nSPS) is 16.4. The number of benzene rings is 1. The number of piperidine rings is 1. The van der Waals surface area contributed by atoms with Crippen molar-refractivity contribution < 1.29 is 9.90 Å². The Hall–Kier alpha value is -1.69. The molecule has 1 aliphatic rings. The predicted molar refractivity (Wildman–Crippen MR) is 111 cm³/mol. The van der Waals surface area contributed by atoms with E-state index in [-0.39, 0.29) is 11.9 Å². The zero-order valence-corrected chi connectivity index (χ0v) is 17.1. The second-order valence-corrected chi connectivity index (χ2v) is 9.14. The van der Waals surface area contributed by atoms with E-state index in [1.165, 1.54) is 4.88 Å². The lowest BCUT2D eigenvalue weighted by Crippen LogP contribution is -2.44. The number of aryl methyl sites for hydroxylation is 1. The second kappa shape index (κ2) is 9.00. The fourth-order valence-electron chi connectivity index (χ4n) is 3.40. The summed E-state index contributed by atoms with van der Waals surface area (Å²) >= 11 is 1.81. The molecule has 0 aliphatic carbocycles. The number of likely N-dealkylation sites (tertiary alicyclic amines) is 1. The van der Waals surface area contributed by atoms with Crippen LogP contribution < -0.4 is 5.32 Å². The van der Waals surface area contributed by atoms with Gasteiger partial charge in [0.05, 0.1) is 5.60 Å². The van der Waals surface area contributed by atoms with Crippen molar-refractivity contribution in [3.8, 4) is 0 Å². The first-order valence-corrected chi connectivity index (χ1v) is 10.6. The molecule has 0 spiro atoms. The number of hydrogen-bond acceptors (Lipinski definition) is 4. The lowest BCUT2D eigenvalue weighted by atomic mass is 9.98. The van der Waals surface area contributed by atoms with Gasteiger partial charge < -0.3 is 10.4 Å². The van der Waals surface area contributed by atoms with Crippen molar-refractivity contribution in [2.24, 2.45) is 0 Å². The molecule has 0 unspecified atom stereocenters. The summed E-state index contributed by atoms with van der Waals surface area (Å²) in [7, 11) is 0. The molecule has 1 amide bonds. The molecule has 1 saturated heterocycles. The van der Waals surface area contributed by atoms with Crippen molar-refractivity contribution in [3.63, 3.8) is 0 Å². The van der Waals surface area contributed by atoms with Gasteiger partial charge in [0.25, 0.3) is 5.91 Å². The monoisotopic (exact) mass is 386 g/mol. The van der Waals surface area contributed by atoms with Crippen LogP contribution in [0, 0.1) is 0 Å². The molecule has 2 aromatic rings. The Bertz CT molecular complexity index is 712. The first-order chi connectivity index (χ1) is 12.9. The maximum absolute atomic E-state index is 12.5. The molecule has 2 heterocycles. The molecular formula is C22H30N2O2S. The Balaban J connectivity index is 1.44. The highest BCUT2D eigenvalue weighted by atomic mass is 32.1. The van der Waals surface area contributed by atoms with Crippen molar-refractivity contribution in [1.82, 2.24) is 10.2 Å². The van der Waals surface area contributed by atoms with Crippen molar-refractivity contribution in [2.45, 2.75) is 57.7 Å². The molecule has 5 heteroatoms. The lowest BCUT2D eigenvalue weighted by molar-refractivity contribution is 0.0713. The number of amides is 1. The number of aliphatic hydroxyl groups is 1. The van der Waals surface area contributed by atoms with E-state index in [2.05, 4.69) is 27.7 Å². The van der Waals surface area contributed by atoms with Crippen molar-refractivity contribution in [1.29, 1.82) is 0 Å². The Labute approximate surface area is 166 Å². The van der Waals surface area contributed by atoms with E-state index < -0.39 is 5.60 Å². The quantitative estimate of drug-likeness (QED) is 0.760. The molecule has 1 aromatic heterocycles. The van der Waals surface area contributed by atoms with Gasteiger partial charge in [0, 0.05) is 36.1 Å². The zero-order chi connectivity index (χ0) is 19.3. The first kappa shape index (κ1) is 20.1. The number of thiophene rings is 1. The summed E-state index contributed by atoms with van der Waals surface area (Å²) in [5, 5.41) is 15.1. The summed E-state index contributed by atoms with van der Waals surface area (Å²) in [4.78, 5) is 16.4. The minimum Gasteiger partial charge on any atom is -0.390 e. The van der Waals surface area contributed by atoms with Crippen LogP contribution in [0.3, 0.4) is 0 Å². The van der Waals surface area contributed by atoms with Crippen molar-refractivity contribution >= 4 is 17.2 Å². The number of rotatable bonds is 7. The molecule has 1 aromatic carbocycles. The molecule has 3 rings (SSSR count). The van der Waals surface area contributed by atoms with Crippen molar-refractivity contribution in [2.75, 3.05) is 13.1 Å². The minimum absolute atomic E-state index is 0.0146. The van der Waals surface area contributed by atoms with E-state index in [0.29, 0.717) is 12.0 Å². The zero-order valence-electron chi connectivity index (χ0n) is 16.3. The third kappa shape index (κ3) is 6.45. The summed E-state index contributed by atoms with van der Waals surface area (Å²) in [5.74, 6) is 0.0146. The van der Waals surface area contributed by atoms with Gasteiger partial charge in [0.2, 0.25) is 0 Å². The number of nitrogens with one attached hydrogen (secondary N) is 1. The molecule has 146 valence electrons. The molecule has 0 saturated carbocycles. The van der Waals surface area contributed by atoms with E-state index in [1.54, 1.807) is 11.3 Å². The number of hydrogen-bond donors (Lipinski definition) is 2. The van der Waals surface area contributed by atoms with Gasteiger partial charge in [-0.25, -0.2) is 0 Å². The summed E-state index contributed by atoms with van der Waals surface area (Å²) in [5.41, 5.74) is 1.20. The van der Waals surface area contributed by atoms with Gasteiger partial charge in [0.1, 0.15) is 0 Å². The maximum Gasteiger partial charge on any atom is 0.251 e. The average Bonchev–Trinajstić information content (AvgIpc) is 3.14. The van der Waals surface area contributed by atoms with Crippen molar-refractivity contribution in [3.05, 3.63) is 57.8 Å². The Morgan fingerprint density at radius 2 is 1.93 bits per heavy atom. The smallest absolute Gasteiger partial charge is 0.251 e.